The standard InChI is InChI=1S/C40H54N6O5/c1-5-8-13-30(7-3)34-25-36(47)44-39(43-34)45-40(50)41-26-28-17-21-31(22-18-28)38(49)46(27-29-19-23-33(51-4)24-20-29)35(16-9-6-2)37(48)42-32-14-11-10-12-15-32/h6,17-25,30,32,35H,2,5,7-16,26-27H2,1,3-4H3,(H,42,48)(H3,41,43,44,45,47,50). The maximum Gasteiger partial charge on any atom is 0.321 e. The minimum atomic E-state index is -0.692. The Labute approximate surface area is 301 Å². The van der Waals surface area contributed by atoms with Gasteiger partial charge in [0.1, 0.15) is 11.8 Å². The molecule has 2 aromatic carbocycles. The van der Waals surface area contributed by atoms with Crippen LogP contribution in [0.3, 0.4) is 0 Å². The Balaban J connectivity index is 1.47. The van der Waals surface area contributed by atoms with E-state index in [1.54, 1.807) is 42.4 Å². The molecule has 1 fully saturated rings. The first-order valence-corrected chi connectivity index (χ1v) is 18.3. The molecule has 2 unspecified atom stereocenters. The van der Waals surface area contributed by atoms with E-state index < -0.39 is 12.1 Å². The van der Waals surface area contributed by atoms with E-state index in [-0.39, 0.29) is 48.4 Å². The summed E-state index contributed by atoms with van der Waals surface area (Å²) in [6.07, 6.45) is 11.9. The number of aromatic nitrogens is 2. The van der Waals surface area contributed by atoms with Crippen molar-refractivity contribution in [2.45, 2.75) is 116 Å². The fraction of sp³-hybridized carbons (Fsp3) is 0.475. The van der Waals surface area contributed by atoms with Crippen LogP contribution in [-0.2, 0) is 17.9 Å². The third-order valence-electron chi connectivity index (χ3n) is 9.51. The Morgan fingerprint density at radius 3 is 2.37 bits per heavy atom. The molecule has 51 heavy (non-hydrogen) atoms. The van der Waals surface area contributed by atoms with E-state index >= 15 is 0 Å². The van der Waals surface area contributed by atoms with E-state index in [1.807, 2.05) is 24.3 Å². The number of carbonyl (C=O) groups excluding carboxylic acids is 3. The highest BCUT2D eigenvalue weighted by atomic mass is 16.5. The highest BCUT2D eigenvalue weighted by Gasteiger charge is 2.32. The second-order valence-corrected chi connectivity index (χ2v) is 13.3. The zero-order chi connectivity index (χ0) is 36.6. The number of allylic oxidation sites excluding steroid dienone is 1. The van der Waals surface area contributed by atoms with E-state index in [0.29, 0.717) is 29.8 Å². The number of urea groups is 1. The van der Waals surface area contributed by atoms with Crippen molar-refractivity contribution < 1.29 is 19.1 Å². The normalized spacial score (nSPS) is 14.2. The Kier molecular flexibility index (Phi) is 15.3. The van der Waals surface area contributed by atoms with Crippen molar-refractivity contribution >= 4 is 23.8 Å². The summed E-state index contributed by atoms with van der Waals surface area (Å²) in [6.45, 7) is 8.47. The quantitative estimate of drug-likeness (QED) is 0.103. The number of ether oxygens (including phenoxy) is 1. The molecule has 274 valence electrons. The maximum atomic E-state index is 14.2. The van der Waals surface area contributed by atoms with Gasteiger partial charge in [0.2, 0.25) is 11.9 Å². The van der Waals surface area contributed by atoms with Gasteiger partial charge in [0.15, 0.2) is 0 Å². The molecule has 0 saturated heterocycles. The highest BCUT2D eigenvalue weighted by Crippen LogP contribution is 2.24. The second kappa shape index (κ2) is 20.1. The van der Waals surface area contributed by atoms with E-state index in [9.17, 15) is 19.2 Å². The molecule has 0 spiro atoms. The van der Waals surface area contributed by atoms with Crippen LogP contribution in [0.1, 0.15) is 118 Å². The summed E-state index contributed by atoms with van der Waals surface area (Å²) in [6, 6.07) is 14.9. The number of unbranched alkanes of at least 4 members (excludes halogenated alkanes) is 1. The van der Waals surface area contributed by atoms with Crippen LogP contribution in [0.4, 0.5) is 10.7 Å². The van der Waals surface area contributed by atoms with Crippen LogP contribution < -0.4 is 26.2 Å². The molecule has 2 atom stereocenters. The predicted octanol–water partition coefficient (Wildman–Crippen LogP) is 7.21. The van der Waals surface area contributed by atoms with Gasteiger partial charge in [-0.15, -0.1) is 6.58 Å². The average Bonchev–Trinajstić information content (AvgIpc) is 3.14. The molecule has 11 nitrogen and oxygen atoms in total. The maximum absolute atomic E-state index is 14.2. The molecule has 11 heteroatoms. The van der Waals surface area contributed by atoms with Gasteiger partial charge in [-0.05, 0) is 73.9 Å². The lowest BCUT2D eigenvalue weighted by Crippen LogP contribution is -2.51. The lowest BCUT2D eigenvalue weighted by Gasteiger charge is -2.33. The summed E-state index contributed by atoms with van der Waals surface area (Å²) < 4.78 is 5.32. The molecule has 1 aromatic heterocycles. The fourth-order valence-corrected chi connectivity index (χ4v) is 6.52. The summed E-state index contributed by atoms with van der Waals surface area (Å²) in [4.78, 5) is 61.9. The van der Waals surface area contributed by atoms with Gasteiger partial charge in [-0.2, -0.15) is 0 Å². The van der Waals surface area contributed by atoms with E-state index in [0.717, 1.165) is 62.5 Å². The predicted molar refractivity (Wildman–Crippen MR) is 201 cm³/mol. The smallest absolute Gasteiger partial charge is 0.321 e. The first-order valence-electron chi connectivity index (χ1n) is 18.3. The van der Waals surface area contributed by atoms with Crippen LogP contribution in [0.15, 0.2) is 72.0 Å². The number of hydrogen-bond donors (Lipinski definition) is 4. The van der Waals surface area contributed by atoms with Crippen LogP contribution in [-0.4, -0.2) is 51.9 Å². The zero-order valence-electron chi connectivity index (χ0n) is 30.3. The van der Waals surface area contributed by atoms with Crippen molar-refractivity contribution in [3.8, 4) is 5.75 Å². The van der Waals surface area contributed by atoms with E-state index in [4.69, 9.17) is 4.74 Å². The number of hydrogen-bond acceptors (Lipinski definition) is 6. The lowest BCUT2D eigenvalue weighted by molar-refractivity contribution is -0.127. The molecular weight excluding hydrogens is 644 g/mol. The number of carbonyl (C=O) groups is 3. The van der Waals surface area contributed by atoms with Crippen LogP contribution in [0.5, 0.6) is 5.75 Å². The molecule has 4 N–H and O–H groups in total. The number of nitrogens with one attached hydrogen (secondary N) is 4. The van der Waals surface area contributed by atoms with Gasteiger partial charge in [0.05, 0.1) is 12.8 Å². The van der Waals surface area contributed by atoms with Gasteiger partial charge in [0, 0.05) is 36.7 Å². The van der Waals surface area contributed by atoms with Crippen molar-refractivity contribution in [2.24, 2.45) is 0 Å². The number of amides is 4. The van der Waals surface area contributed by atoms with Gasteiger partial charge in [0.25, 0.3) is 11.5 Å². The Bertz CT molecular complexity index is 1630. The number of aromatic amines is 1. The van der Waals surface area contributed by atoms with Crippen LogP contribution in [0.2, 0.25) is 0 Å². The highest BCUT2D eigenvalue weighted by molar-refractivity contribution is 5.97. The number of rotatable bonds is 18. The number of nitrogens with zero attached hydrogens (tertiary/aromatic N) is 2. The van der Waals surface area contributed by atoms with Crippen molar-refractivity contribution in [1.82, 2.24) is 25.5 Å². The Hall–Kier alpha value is -4.93. The zero-order valence-corrected chi connectivity index (χ0v) is 30.3. The van der Waals surface area contributed by atoms with E-state index in [1.165, 1.54) is 12.5 Å². The Morgan fingerprint density at radius 2 is 1.73 bits per heavy atom. The van der Waals surface area contributed by atoms with Crippen LogP contribution in [0.25, 0.3) is 0 Å². The Morgan fingerprint density at radius 1 is 1.02 bits per heavy atom. The summed E-state index contributed by atoms with van der Waals surface area (Å²) >= 11 is 0. The largest absolute Gasteiger partial charge is 0.497 e. The first-order chi connectivity index (χ1) is 24.7. The average molecular weight is 699 g/mol. The third kappa shape index (κ3) is 11.8. The number of anilines is 1. The van der Waals surface area contributed by atoms with Crippen LogP contribution >= 0.6 is 0 Å². The SMILES string of the molecule is C=CCCC(C(=O)NC1CCCCC1)N(Cc1ccc(OC)cc1)C(=O)c1ccc(CNC(=O)Nc2nc(C(CC)CCCC)cc(=O)[nH]2)cc1. The summed E-state index contributed by atoms with van der Waals surface area (Å²) in [5.74, 6) is 0.535. The molecular formula is C40H54N6O5. The van der Waals surface area contributed by atoms with Crippen molar-refractivity contribution in [1.29, 1.82) is 0 Å². The number of benzene rings is 2. The molecule has 4 amide bonds. The molecule has 4 rings (SSSR count). The lowest BCUT2D eigenvalue weighted by atomic mass is 9.95. The molecule has 1 heterocycles. The first kappa shape index (κ1) is 38.9. The van der Waals surface area contributed by atoms with Gasteiger partial charge in [-0.1, -0.05) is 76.3 Å². The third-order valence-corrected chi connectivity index (χ3v) is 9.51. The molecule has 1 saturated carbocycles. The van der Waals surface area contributed by atoms with E-state index in [2.05, 4.69) is 46.3 Å². The second-order valence-electron chi connectivity index (χ2n) is 13.3. The summed E-state index contributed by atoms with van der Waals surface area (Å²) in [5.41, 5.74) is 2.42. The molecule has 3 aromatic rings. The van der Waals surface area contributed by atoms with Gasteiger partial charge < -0.3 is 20.3 Å². The minimum absolute atomic E-state index is 0.0985. The molecule has 0 bridgehead atoms. The molecule has 1 aliphatic rings. The van der Waals surface area contributed by atoms with Crippen molar-refractivity contribution in [2.75, 3.05) is 12.4 Å². The minimum Gasteiger partial charge on any atom is -0.497 e. The summed E-state index contributed by atoms with van der Waals surface area (Å²) in [5, 5.41) is 8.67. The number of H-pyrrole nitrogens is 1. The monoisotopic (exact) mass is 698 g/mol. The van der Waals surface area contributed by atoms with Crippen LogP contribution in [0, 0.1) is 0 Å². The van der Waals surface area contributed by atoms with Crippen molar-refractivity contribution in [3.63, 3.8) is 0 Å². The fourth-order valence-electron chi connectivity index (χ4n) is 6.52. The molecule has 0 aliphatic heterocycles. The van der Waals surface area contributed by atoms with Gasteiger partial charge in [-0.25, -0.2) is 9.78 Å². The molecule has 0 radical (unpaired) electrons. The van der Waals surface area contributed by atoms with Gasteiger partial charge in [-0.3, -0.25) is 24.7 Å². The summed E-state index contributed by atoms with van der Waals surface area (Å²) in [7, 11) is 1.60. The molecule has 1 aliphatic carbocycles. The van der Waals surface area contributed by atoms with Crippen molar-refractivity contribution in [3.05, 3.63) is 100.0 Å². The van der Waals surface area contributed by atoms with Gasteiger partial charge >= 0.3 is 6.03 Å². The topological polar surface area (TPSA) is 146 Å². The number of methoxy groups -OCH3 is 1.